The van der Waals surface area contributed by atoms with E-state index in [0.717, 1.165) is 24.9 Å². The van der Waals surface area contributed by atoms with Crippen molar-refractivity contribution in [3.63, 3.8) is 0 Å². The fourth-order valence-corrected chi connectivity index (χ4v) is 3.55. The molecule has 1 heterocycles. The van der Waals surface area contributed by atoms with Crippen molar-refractivity contribution in [3.8, 4) is 0 Å². The third-order valence-corrected chi connectivity index (χ3v) is 5.17. The van der Waals surface area contributed by atoms with Gasteiger partial charge in [-0.2, -0.15) is 0 Å². The van der Waals surface area contributed by atoms with E-state index in [9.17, 15) is 9.59 Å². The van der Waals surface area contributed by atoms with Crippen LogP contribution in [0.2, 0.25) is 0 Å². The highest BCUT2D eigenvalue weighted by molar-refractivity contribution is 6.09. The number of hydrogen-bond donors (Lipinski definition) is 2. The number of likely N-dealkylation sites (tertiary alicyclic amines) is 1. The molecule has 2 aromatic carbocycles. The minimum atomic E-state index is -0.217. The Bertz CT molecular complexity index is 838. The highest BCUT2D eigenvalue weighted by Crippen LogP contribution is 2.24. The quantitative estimate of drug-likeness (QED) is 0.816. The summed E-state index contributed by atoms with van der Waals surface area (Å²) >= 11 is 0. The number of nitrogens with one attached hydrogen (secondary N) is 1. The minimum absolute atomic E-state index is 0. The lowest BCUT2D eigenvalue weighted by Crippen LogP contribution is -2.45. The zero-order valence-corrected chi connectivity index (χ0v) is 17.2. The maximum atomic E-state index is 13.1. The van der Waals surface area contributed by atoms with E-state index in [1.807, 2.05) is 49.1 Å². The van der Waals surface area contributed by atoms with E-state index in [-0.39, 0.29) is 30.3 Å². The fraction of sp³-hybridized carbons (Fsp3) is 0.364. The Kier molecular flexibility index (Phi) is 7.61. The zero-order valence-electron chi connectivity index (χ0n) is 16.4. The Hall–Kier alpha value is -2.37. The van der Waals surface area contributed by atoms with Crippen molar-refractivity contribution in [2.45, 2.75) is 32.7 Å². The van der Waals surface area contributed by atoms with Gasteiger partial charge < -0.3 is 16.0 Å². The zero-order chi connectivity index (χ0) is 19.4. The molecular weight excluding hydrogens is 374 g/mol. The molecule has 1 fully saturated rings. The Morgan fingerprint density at radius 2 is 1.93 bits per heavy atom. The third kappa shape index (κ3) is 5.12. The van der Waals surface area contributed by atoms with Gasteiger partial charge in [0.05, 0.1) is 11.3 Å². The monoisotopic (exact) mass is 401 g/mol. The summed E-state index contributed by atoms with van der Waals surface area (Å²) in [4.78, 5) is 27.6. The molecule has 0 bridgehead atoms. The molecule has 3 N–H and O–H groups in total. The molecule has 5 nitrogen and oxygen atoms in total. The topological polar surface area (TPSA) is 75.4 Å². The number of benzene rings is 2. The number of halogens is 1. The number of aryl methyl sites for hydroxylation is 1. The number of carbonyl (C=O) groups excluding carboxylic acids is 2. The van der Waals surface area contributed by atoms with Gasteiger partial charge in [0, 0.05) is 24.7 Å². The van der Waals surface area contributed by atoms with Gasteiger partial charge in [-0.05, 0) is 56.9 Å². The Labute approximate surface area is 172 Å². The van der Waals surface area contributed by atoms with E-state index in [2.05, 4.69) is 5.32 Å². The molecule has 150 valence electrons. The largest absolute Gasteiger partial charge is 0.338 e. The van der Waals surface area contributed by atoms with Crippen LogP contribution in [0.25, 0.3) is 0 Å². The second-order valence-electron chi connectivity index (χ2n) is 7.38. The lowest BCUT2D eigenvalue weighted by Gasteiger charge is -2.35. The summed E-state index contributed by atoms with van der Waals surface area (Å²) < 4.78 is 0. The molecular formula is C22H28ClN3O2. The van der Waals surface area contributed by atoms with Crippen LogP contribution in [0.3, 0.4) is 0 Å². The van der Waals surface area contributed by atoms with Gasteiger partial charge in [-0.15, -0.1) is 12.4 Å². The summed E-state index contributed by atoms with van der Waals surface area (Å²) in [6.07, 6.45) is 2.00. The number of rotatable bonds is 4. The fourth-order valence-electron chi connectivity index (χ4n) is 3.55. The highest BCUT2D eigenvalue weighted by Gasteiger charge is 2.27. The molecule has 2 amide bonds. The van der Waals surface area contributed by atoms with Crippen LogP contribution in [0.5, 0.6) is 0 Å². The number of piperidine rings is 1. The van der Waals surface area contributed by atoms with Gasteiger partial charge in [0.15, 0.2) is 0 Å². The molecule has 2 aromatic rings. The van der Waals surface area contributed by atoms with Crippen molar-refractivity contribution >= 4 is 29.9 Å². The number of nitrogens with two attached hydrogens (primary N) is 1. The molecule has 1 aliphatic heterocycles. The van der Waals surface area contributed by atoms with Gasteiger partial charge in [-0.3, -0.25) is 9.59 Å². The molecule has 0 aliphatic carbocycles. The number of anilines is 1. The Morgan fingerprint density at radius 1 is 1.18 bits per heavy atom. The van der Waals surface area contributed by atoms with Gasteiger partial charge in [0.2, 0.25) is 0 Å². The van der Waals surface area contributed by atoms with E-state index in [4.69, 9.17) is 5.73 Å². The second kappa shape index (κ2) is 9.71. The molecule has 1 saturated heterocycles. The lowest BCUT2D eigenvalue weighted by atomic mass is 9.91. The van der Waals surface area contributed by atoms with Gasteiger partial charge in [0.1, 0.15) is 0 Å². The molecule has 3 rings (SSSR count). The third-order valence-electron chi connectivity index (χ3n) is 5.17. The lowest BCUT2D eigenvalue weighted by molar-refractivity contribution is 0.0662. The molecule has 2 atom stereocenters. The molecule has 0 spiro atoms. The summed E-state index contributed by atoms with van der Waals surface area (Å²) in [6.45, 7) is 5.33. The number of carbonyl (C=O) groups is 2. The standard InChI is InChI=1S/C22H27N3O2.ClH/c1-15-7-5-8-17(13-15)21(26)24-20-11-4-3-10-19(20)22(27)25-12-6-9-18(14-25)16(2)23;/h3-5,7-8,10-11,13,16,18H,6,9,12,14,23H2,1-2H3,(H,24,26);1H. The second-order valence-corrected chi connectivity index (χ2v) is 7.38. The first-order chi connectivity index (χ1) is 13.0. The van der Waals surface area contributed by atoms with E-state index in [1.165, 1.54) is 0 Å². The van der Waals surface area contributed by atoms with Crippen molar-refractivity contribution < 1.29 is 9.59 Å². The molecule has 28 heavy (non-hydrogen) atoms. The van der Waals surface area contributed by atoms with E-state index >= 15 is 0 Å². The number of hydrogen-bond acceptors (Lipinski definition) is 3. The first kappa shape index (κ1) is 21.9. The van der Waals surface area contributed by atoms with Crippen molar-refractivity contribution in [3.05, 3.63) is 65.2 Å². The SMILES string of the molecule is Cc1cccc(C(=O)Nc2ccccc2C(=O)N2CCCC(C(C)N)C2)c1.Cl. The van der Waals surface area contributed by atoms with Crippen molar-refractivity contribution in [2.24, 2.45) is 11.7 Å². The summed E-state index contributed by atoms with van der Waals surface area (Å²) in [6, 6.07) is 14.6. The van der Waals surface area contributed by atoms with Gasteiger partial charge in [-0.25, -0.2) is 0 Å². The van der Waals surface area contributed by atoms with Gasteiger partial charge in [-0.1, -0.05) is 29.8 Å². The van der Waals surface area contributed by atoms with Crippen molar-refractivity contribution in [1.82, 2.24) is 4.90 Å². The van der Waals surface area contributed by atoms with Crippen LogP contribution < -0.4 is 11.1 Å². The maximum Gasteiger partial charge on any atom is 0.255 e. The van der Waals surface area contributed by atoms with Crippen molar-refractivity contribution in [2.75, 3.05) is 18.4 Å². The number of nitrogens with zero attached hydrogens (tertiary/aromatic N) is 1. The van der Waals surface area contributed by atoms with Crippen LogP contribution in [0.4, 0.5) is 5.69 Å². The van der Waals surface area contributed by atoms with E-state index < -0.39 is 0 Å². The molecule has 2 unspecified atom stereocenters. The molecule has 0 aromatic heterocycles. The smallest absolute Gasteiger partial charge is 0.255 e. The normalized spacial score (nSPS) is 17.4. The predicted octanol–water partition coefficient (Wildman–Crippen LogP) is 3.87. The molecule has 1 aliphatic rings. The minimum Gasteiger partial charge on any atom is -0.338 e. The Morgan fingerprint density at radius 3 is 2.64 bits per heavy atom. The summed E-state index contributed by atoms with van der Waals surface area (Å²) in [7, 11) is 0. The van der Waals surface area contributed by atoms with Crippen LogP contribution in [-0.2, 0) is 0 Å². The average Bonchev–Trinajstić information content (AvgIpc) is 2.68. The molecule has 0 radical (unpaired) electrons. The number of para-hydroxylation sites is 1. The van der Waals surface area contributed by atoms with Crippen LogP contribution >= 0.6 is 12.4 Å². The number of amides is 2. The average molecular weight is 402 g/mol. The van der Waals surface area contributed by atoms with Crippen molar-refractivity contribution in [1.29, 1.82) is 0 Å². The molecule has 0 saturated carbocycles. The van der Waals surface area contributed by atoms with E-state index in [1.54, 1.807) is 18.2 Å². The summed E-state index contributed by atoms with van der Waals surface area (Å²) in [5.74, 6) is 0.0447. The van der Waals surface area contributed by atoms with Crippen LogP contribution in [0, 0.1) is 12.8 Å². The predicted molar refractivity (Wildman–Crippen MR) is 115 cm³/mol. The summed E-state index contributed by atoms with van der Waals surface area (Å²) in [5.41, 5.74) is 8.69. The van der Waals surface area contributed by atoms with E-state index in [0.29, 0.717) is 29.3 Å². The first-order valence-electron chi connectivity index (χ1n) is 9.47. The van der Waals surface area contributed by atoms with Gasteiger partial charge in [0.25, 0.3) is 11.8 Å². The highest BCUT2D eigenvalue weighted by atomic mass is 35.5. The first-order valence-corrected chi connectivity index (χ1v) is 9.47. The Balaban J connectivity index is 0.00000280. The molecule has 6 heteroatoms. The summed E-state index contributed by atoms with van der Waals surface area (Å²) in [5, 5.41) is 2.90. The van der Waals surface area contributed by atoms with Gasteiger partial charge >= 0.3 is 0 Å². The van der Waals surface area contributed by atoms with Crippen LogP contribution in [0.1, 0.15) is 46.0 Å². The van der Waals surface area contributed by atoms with Crippen LogP contribution in [0.15, 0.2) is 48.5 Å². The maximum absolute atomic E-state index is 13.1. The van der Waals surface area contributed by atoms with Crippen LogP contribution in [-0.4, -0.2) is 35.8 Å².